The summed E-state index contributed by atoms with van der Waals surface area (Å²) in [6, 6.07) is 3.73. The fourth-order valence-corrected chi connectivity index (χ4v) is 1.57. The number of carboxylic acid groups (broad SMARTS) is 1. The van der Waals surface area contributed by atoms with Gasteiger partial charge in [-0.1, -0.05) is 6.92 Å². The van der Waals surface area contributed by atoms with Crippen LogP contribution in [0.15, 0.2) is 12.1 Å². The molecule has 0 amide bonds. The Morgan fingerprint density at radius 1 is 1.91 bits per heavy atom. The maximum Gasteiger partial charge on any atom is 0.303 e. The van der Waals surface area contributed by atoms with Crippen LogP contribution in [0.3, 0.4) is 0 Å². The molecule has 59 valence electrons. The molecule has 0 aliphatic rings. The Balaban J connectivity index is 2.56. The van der Waals surface area contributed by atoms with Crippen molar-refractivity contribution >= 4 is 17.3 Å². The van der Waals surface area contributed by atoms with Gasteiger partial charge in [0.2, 0.25) is 0 Å². The molecule has 1 atom stereocenters. The number of thiophene rings is 1. The van der Waals surface area contributed by atoms with E-state index < -0.39 is 5.97 Å². The Morgan fingerprint density at radius 3 is 3.09 bits per heavy atom. The molecule has 1 aromatic rings. The van der Waals surface area contributed by atoms with Crippen molar-refractivity contribution in [2.75, 3.05) is 0 Å². The third-order valence-corrected chi connectivity index (χ3v) is 2.49. The van der Waals surface area contributed by atoms with E-state index in [2.05, 4.69) is 5.38 Å². The Morgan fingerprint density at radius 2 is 2.64 bits per heavy atom. The molecule has 1 rings (SSSR count). The highest BCUT2D eigenvalue weighted by Crippen LogP contribution is 2.22. The molecule has 0 spiro atoms. The zero-order valence-corrected chi connectivity index (χ0v) is 7.02. The molecule has 0 aromatic carbocycles. The standard InChI is InChI=1S/C8H9O2S/c1-6(5-8(9)10)7-3-2-4-11-7/h2-3,6H,5H2,1H3,(H,9,10). The second-order valence-corrected chi connectivity index (χ2v) is 3.37. The van der Waals surface area contributed by atoms with Gasteiger partial charge in [0.05, 0.1) is 6.42 Å². The van der Waals surface area contributed by atoms with Gasteiger partial charge in [-0.2, -0.15) is 0 Å². The first kappa shape index (κ1) is 8.27. The normalized spacial score (nSPS) is 12.8. The average Bonchev–Trinajstić information content (AvgIpc) is 2.35. The zero-order chi connectivity index (χ0) is 8.27. The molecule has 0 saturated heterocycles. The quantitative estimate of drug-likeness (QED) is 0.752. The van der Waals surface area contributed by atoms with E-state index in [0.717, 1.165) is 4.88 Å². The van der Waals surface area contributed by atoms with Crippen LogP contribution in [0.2, 0.25) is 0 Å². The lowest BCUT2D eigenvalue weighted by Crippen LogP contribution is -2.00. The molecule has 0 saturated carbocycles. The summed E-state index contributed by atoms with van der Waals surface area (Å²) < 4.78 is 0. The SMILES string of the molecule is CC(CC(=O)O)c1cc[c]s1. The van der Waals surface area contributed by atoms with E-state index in [-0.39, 0.29) is 12.3 Å². The van der Waals surface area contributed by atoms with Gasteiger partial charge in [0, 0.05) is 16.2 Å². The van der Waals surface area contributed by atoms with E-state index in [1.165, 1.54) is 11.3 Å². The molecule has 3 heteroatoms. The summed E-state index contributed by atoms with van der Waals surface area (Å²) in [5.74, 6) is -0.630. The molecule has 1 heterocycles. The van der Waals surface area contributed by atoms with Gasteiger partial charge in [-0.05, 0) is 12.1 Å². The molecule has 0 fully saturated rings. The van der Waals surface area contributed by atoms with Crippen molar-refractivity contribution in [1.82, 2.24) is 0 Å². The number of hydrogen-bond acceptors (Lipinski definition) is 2. The van der Waals surface area contributed by atoms with Gasteiger partial charge >= 0.3 is 5.97 Å². The molecule has 11 heavy (non-hydrogen) atoms. The number of aliphatic carboxylic acids is 1. The zero-order valence-electron chi connectivity index (χ0n) is 6.20. The number of rotatable bonds is 3. The van der Waals surface area contributed by atoms with Crippen LogP contribution in [0, 0.1) is 5.38 Å². The smallest absolute Gasteiger partial charge is 0.303 e. The van der Waals surface area contributed by atoms with Gasteiger partial charge in [0.25, 0.3) is 0 Å². The first-order chi connectivity index (χ1) is 5.20. The summed E-state index contributed by atoms with van der Waals surface area (Å²) in [5.41, 5.74) is 0. The maximum absolute atomic E-state index is 10.3. The first-order valence-corrected chi connectivity index (χ1v) is 4.19. The highest BCUT2D eigenvalue weighted by molar-refractivity contribution is 7.09. The summed E-state index contributed by atoms with van der Waals surface area (Å²) in [4.78, 5) is 11.4. The number of carbonyl (C=O) groups is 1. The van der Waals surface area contributed by atoms with Gasteiger partial charge in [-0.15, -0.1) is 11.3 Å². The van der Waals surface area contributed by atoms with Gasteiger partial charge in [0.1, 0.15) is 0 Å². The Labute approximate surface area is 69.5 Å². The molecular weight excluding hydrogens is 160 g/mol. The monoisotopic (exact) mass is 169 g/mol. The number of hydrogen-bond donors (Lipinski definition) is 1. The van der Waals surface area contributed by atoms with E-state index in [0.29, 0.717) is 0 Å². The van der Waals surface area contributed by atoms with E-state index >= 15 is 0 Å². The second kappa shape index (κ2) is 3.53. The fraction of sp³-hybridized carbons (Fsp3) is 0.375. The van der Waals surface area contributed by atoms with Crippen molar-refractivity contribution in [2.24, 2.45) is 0 Å². The lowest BCUT2D eigenvalue weighted by Gasteiger charge is -2.03. The van der Waals surface area contributed by atoms with Crippen LogP contribution in [0.5, 0.6) is 0 Å². The van der Waals surface area contributed by atoms with Crippen LogP contribution in [-0.2, 0) is 4.79 Å². The third kappa shape index (κ3) is 2.35. The topological polar surface area (TPSA) is 37.3 Å². The van der Waals surface area contributed by atoms with E-state index in [4.69, 9.17) is 5.11 Å². The van der Waals surface area contributed by atoms with Crippen LogP contribution in [-0.4, -0.2) is 11.1 Å². The van der Waals surface area contributed by atoms with Gasteiger partial charge < -0.3 is 5.11 Å². The molecule has 0 bridgehead atoms. The Hall–Kier alpha value is -0.830. The molecule has 0 aliphatic heterocycles. The van der Waals surface area contributed by atoms with Crippen molar-refractivity contribution in [3.63, 3.8) is 0 Å². The Bertz CT molecular complexity index is 228. The summed E-state index contributed by atoms with van der Waals surface area (Å²) in [6.45, 7) is 1.91. The van der Waals surface area contributed by atoms with Crippen LogP contribution in [0.4, 0.5) is 0 Å². The Kier molecular flexibility index (Phi) is 2.65. The summed E-state index contributed by atoms with van der Waals surface area (Å²) in [5, 5.41) is 11.4. The van der Waals surface area contributed by atoms with Crippen LogP contribution in [0.1, 0.15) is 24.1 Å². The van der Waals surface area contributed by atoms with E-state index in [9.17, 15) is 4.79 Å². The summed E-state index contributed by atoms with van der Waals surface area (Å²) in [7, 11) is 0. The van der Waals surface area contributed by atoms with Crippen molar-refractivity contribution < 1.29 is 9.90 Å². The average molecular weight is 169 g/mol. The summed E-state index contributed by atoms with van der Waals surface area (Å²) >= 11 is 1.48. The van der Waals surface area contributed by atoms with E-state index in [1.54, 1.807) is 0 Å². The minimum atomic E-state index is -0.745. The number of carboxylic acids is 1. The minimum absolute atomic E-state index is 0.115. The molecule has 0 aliphatic carbocycles. The lowest BCUT2D eigenvalue weighted by atomic mass is 10.1. The van der Waals surface area contributed by atoms with Crippen molar-refractivity contribution in [2.45, 2.75) is 19.3 Å². The minimum Gasteiger partial charge on any atom is -0.481 e. The summed E-state index contributed by atoms with van der Waals surface area (Å²) in [6.07, 6.45) is 0.203. The largest absolute Gasteiger partial charge is 0.481 e. The van der Waals surface area contributed by atoms with Gasteiger partial charge in [0.15, 0.2) is 0 Å². The molecular formula is C8H9O2S. The van der Waals surface area contributed by atoms with Crippen molar-refractivity contribution in [3.8, 4) is 0 Å². The highest BCUT2D eigenvalue weighted by atomic mass is 32.1. The highest BCUT2D eigenvalue weighted by Gasteiger charge is 2.09. The molecule has 2 nitrogen and oxygen atoms in total. The van der Waals surface area contributed by atoms with E-state index in [1.807, 2.05) is 19.1 Å². The van der Waals surface area contributed by atoms with Crippen LogP contribution < -0.4 is 0 Å². The lowest BCUT2D eigenvalue weighted by molar-refractivity contribution is -0.137. The van der Waals surface area contributed by atoms with Crippen molar-refractivity contribution in [1.29, 1.82) is 0 Å². The van der Waals surface area contributed by atoms with Crippen LogP contribution in [0.25, 0.3) is 0 Å². The fourth-order valence-electron chi connectivity index (χ4n) is 0.880. The molecule has 1 aromatic heterocycles. The first-order valence-electron chi connectivity index (χ1n) is 3.37. The van der Waals surface area contributed by atoms with Crippen LogP contribution >= 0.6 is 11.3 Å². The van der Waals surface area contributed by atoms with Gasteiger partial charge in [-0.25, -0.2) is 0 Å². The predicted molar refractivity (Wildman–Crippen MR) is 43.8 cm³/mol. The second-order valence-electron chi connectivity index (χ2n) is 2.45. The maximum atomic E-state index is 10.3. The molecule has 1 radical (unpaired) electrons. The molecule has 1 N–H and O–H groups in total. The molecule has 1 unspecified atom stereocenters. The van der Waals surface area contributed by atoms with Gasteiger partial charge in [-0.3, -0.25) is 4.79 Å². The van der Waals surface area contributed by atoms with Crippen molar-refractivity contribution in [3.05, 3.63) is 22.4 Å². The predicted octanol–water partition coefficient (Wildman–Crippen LogP) is 2.13. The third-order valence-electron chi connectivity index (χ3n) is 1.46.